The van der Waals surface area contributed by atoms with Crippen LogP contribution < -0.4 is 0 Å². The van der Waals surface area contributed by atoms with Crippen LogP contribution in [-0.4, -0.2) is 23.0 Å². The Kier molecular flexibility index (Phi) is 4.04. The number of hydrogen-bond donors (Lipinski definition) is 1. The fraction of sp³-hybridized carbons (Fsp3) is 0.154. The van der Waals surface area contributed by atoms with Gasteiger partial charge in [-0.25, -0.2) is 0 Å². The van der Waals surface area contributed by atoms with E-state index in [1.807, 2.05) is 17.5 Å². The molecular weight excluding hydrogens is 314 g/mol. The number of halogens is 1. The Morgan fingerprint density at radius 2 is 2.22 bits per heavy atom. The monoisotopic (exact) mass is 325 g/mol. The van der Waals surface area contributed by atoms with Crippen molar-refractivity contribution in [1.82, 2.24) is 4.90 Å². The molecule has 0 unspecified atom stereocenters. The maximum absolute atomic E-state index is 12.2. The van der Waals surface area contributed by atoms with Crippen molar-refractivity contribution in [1.29, 1.82) is 0 Å². The topological polar surface area (TPSA) is 40.5 Å². The lowest BCUT2D eigenvalue weighted by Gasteiger charge is -2.16. The standard InChI is InChI=1S/C13H12BrNO2S/c1-15(8-9-3-2-4-10(16)7-9)13(17)12-11(14)5-6-18-12/h2-7,16H,8H2,1H3. The number of aromatic hydroxyl groups is 1. The molecule has 2 aromatic rings. The number of phenolic OH excluding ortho intramolecular Hbond substituents is 1. The van der Waals surface area contributed by atoms with Gasteiger partial charge in [0.1, 0.15) is 10.6 Å². The number of benzene rings is 1. The lowest BCUT2D eigenvalue weighted by atomic mass is 10.2. The highest BCUT2D eigenvalue weighted by Gasteiger charge is 2.16. The van der Waals surface area contributed by atoms with Gasteiger partial charge in [0.2, 0.25) is 0 Å². The van der Waals surface area contributed by atoms with Gasteiger partial charge in [0.05, 0.1) is 0 Å². The van der Waals surface area contributed by atoms with Crippen molar-refractivity contribution in [2.75, 3.05) is 7.05 Å². The third-order valence-corrected chi connectivity index (χ3v) is 4.31. The van der Waals surface area contributed by atoms with E-state index in [0.29, 0.717) is 11.4 Å². The minimum atomic E-state index is -0.0276. The second-order valence-corrected chi connectivity index (χ2v) is 5.70. The molecule has 1 amide bonds. The van der Waals surface area contributed by atoms with E-state index in [1.54, 1.807) is 30.1 Å². The molecule has 0 saturated carbocycles. The molecule has 0 fully saturated rings. The Balaban J connectivity index is 2.11. The van der Waals surface area contributed by atoms with E-state index in [-0.39, 0.29) is 11.7 Å². The predicted molar refractivity (Wildman–Crippen MR) is 75.9 cm³/mol. The lowest BCUT2D eigenvalue weighted by Crippen LogP contribution is -2.25. The number of nitrogens with zero attached hydrogens (tertiary/aromatic N) is 1. The Labute approximate surface area is 118 Å². The maximum Gasteiger partial charge on any atom is 0.265 e. The molecule has 1 heterocycles. The minimum Gasteiger partial charge on any atom is -0.508 e. The van der Waals surface area contributed by atoms with Crippen LogP contribution in [0.2, 0.25) is 0 Å². The number of hydrogen-bond acceptors (Lipinski definition) is 3. The van der Waals surface area contributed by atoms with Crippen LogP contribution >= 0.6 is 27.3 Å². The summed E-state index contributed by atoms with van der Waals surface area (Å²) in [5, 5.41) is 11.3. The Morgan fingerprint density at radius 1 is 1.44 bits per heavy atom. The lowest BCUT2D eigenvalue weighted by molar-refractivity contribution is 0.0789. The molecule has 94 valence electrons. The highest BCUT2D eigenvalue weighted by Crippen LogP contribution is 2.24. The van der Waals surface area contributed by atoms with Crippen molar-refractivity contribution in [2.45, 2.75) is 6.54 Å². The van der Waals surface area contributed by atoms with E-state index in [9.17, 15) is 9.90 Å². The van der Waals surface area contributed by atoms with Crippen molar-refractivity contribution < 1.29 is 9.90 Å². The van der Waals surface area contributed by atoms with Gasteiger partial charge in [-0.1, -0.05) is 12.1 Å². The van der Waals surface area contributed by atoms with Gasteiger partial charge in [-0.3, -0.25) is 4.79 Å². The van der Waals surface area contributed by atoms with Gasteiger partial charge in [-0.2, -0.15) is 0 Å². The molecule has 1 aromatic heterocycles. The van der Waals surface area contributed by atoms with Gasteiger partial charge in [0.15, 0.2) is 0 Å². The fourth-order valence-electron chi connectivity index (χ4n) is 1.62. The second kappa shape index (κ2) is 5.54. The predicted octanol–water partition coefficient (Wildman–Crippen LogP) is 3.49. The molecule has 0 bridgehead atoms. The molecule has 0 spiro atoms. The quantitative estimate of drug-likeness (QED) is 0.938. The molecule has 3 nitrogen and oxygen atoms in total. The van der Waals surface area contributed by atoms with Crippen molar-refractivity contribution in [2.24, 2.45) is 0 Å². The Hall–Kier alpha value is -1.33. The summed E-state index contributed by atoms with van der Waals surface area (Å²) >= 11 is 4.77. The number of carbonyl (C=O) groups excluding carboxylic acids is 1. The van der Waals surface area contributed by atoms with E-state index in [4.69, 9.17) is 0 Å². The normalized spacial score (nSPS) is 10.3. The molecule has 0 aliphatic rings. The SMILES string of the molecule is CN(Cc1cccc(O)c1)C(=O)c1sccc1Br. The first kappa shape index (κ1) is 13.1. The summed E-state index contributed by atoms with van der Waals surface area (Å²) in [7, 11) is 1.75. The number of amides is 1. The van der Waals surface area contributed by atoms with Crippen LogP contribution in [0.3, 0.4) is 0 Å². The summed E-state index contributed by atoms with van der Waals surface area (Å²) in [6.45, 7) is 0.470. The molecule has 0 radical (unpaired) electrons. The van der Waals surface area contributed by atoms with Crippen molar-refractivity contribution >= 4 is 33.2 Å². The van der Waals surface area contributed by atoms with E-state index in [2.05, 4.69) is 15.9 Å². The van der Waals surface area contributed by atoms with Crippen LogP contribution in [0.1, 0.15) is 15.2 Å². The smallest absolute Gasteiger partial charge is 0.265 e. The number of rotatable bonds is 3. The van der Waals surface area contributed by atoms with Gasteiger partial charge in [0, 0.05) is 18.1 Å². The van der Waals surface area contributed by atoms with Crippen LogP contribution in [0.15, 0.2) is 40.2 Å². The van der Waals surface area contributed by atoms with Crippen LogP contribution in [0.25, 0.3) is 0 Å². The highest BCUT2D eigenvalue weighted by molar-refractivity contribution is 9.10. The molecular formula is C13H12BrNO2S. The molecule has 0 saturated heterocycles. The number of carbonyl (C=O) groups is 1. The first-order valence-electron chi connectivity index (χ1n) is 5.34. The average Bonchev–Trinajstić information content (AvgIpc) is 2.74. The van der Waals surface area contributed by atoms with Crippen LogP contribution in [0, 0.1) is 0 Å². The maximum atomic E-state index is 12.2. The van der Waals surface area contributed by atoms with Gasteiger partial charge < -0.3 is 10.0 Å². The van der Waals surface area contributed by atoms with Crippen LogP contribution in [0.4, 0.5) is 0 Å². The first-order valence-corrected chi connectivity index (χ1v) is 7.01. The van der Waals surface area contributed by atoms with E-state index >= 15 is 0 Å². The van der Waals surface area contributed by atoms with Crippen LogP contribution in [-0.2, 0) is 6.54 Å². The van der Waals surface area contributed by atoms with E-state index < -0.39 is 0 Å². The number of phenols is 1. The van der Waals surface area contributed by atoms with Gasteiger partial charge in [-0.05, 0) is 45.1 Å². The largest absolute Gasteiger partial charge is 0.508 e. The molecule has 0 aliphatic heterocycles. The summed E-state index contributed by atoms with van der Waals surface area (Å²) in [5.41, 5.74) is 0.901. The minimum absolute atomic E-state index is 0.0276. The molecule has 0 atom stereocenters. The van der Waals surface area contributed by atoms with E-state index in [0.717, 1.165) is 10.0 Å². The highest BCUT2D eigenvalue weighted by atomic mass is 79.9. The molecule has 1 aromatic carbocycles. The Bertz CT molecular complexity index is 568. The molecule has 5 heteroatoms. The average molecular weight is 326 g/mol. The van der Waals surface area contributed by atoms with Gasteiger partial charge in [-0.15, -0.1) is 11.3 Å². The zero-order valence-corrected chi connectivity index (χ0v) is 12.2. The summed E-state index contributed by atoms with van der Waals surface area (Å²) in [5.74, 6) is 0.186. The molecule has 0 aliphatic carbocycles. The fourth-order valence-corrected chi connectivity index (χ4v) is 3.15. The van der Waals surface area contributed by atoms with Crippen molar-refractivity contribution in [3.05, 3.63) is 50.6 Å². The summed E-state index contributed by atoms with van der Waals surface area (Å²) in [6, 6.07) is 8.78. The summed E-state index contributed by atoms with van der Waals surface area (Å²) in [4.78, 5) is 14.5. The van der Waals surface area contributed by atoms with Crippen molar-refractivity contribution in [3.8, 4) is 5.75 Å². The Morgan fingerprint density at radius 3 is 2.83 bits per heavy atom. The third-order valence-electron chi connectivity index (χ3n) is 2.49. The van der Waals surface area contributed by atoms with Gasteiger partial charge in [0.25, 0.3) is 5.91 Å². The molecule has 18 heavy (non-hydrogen) atoms. The zero-order chi connectivity index (χ0) is 13.1. The molecule has 1 N–H and O–H groups in total. The molecule has 2 rings (SSSR count). The van der Waals surface area contributed by atoms with Crippen LogP contribution in [0.5, 0.6) is 5.75 Å². The zero-order valence-electron chi connectivity index (χ0n) is 9.76. The third kappa shape index (κ3) is 2.91. The van der Waals surface area contributed by atoms with E-state index in [1.165, 1.54) is 11.3 Å². The first-order chi connectivity index (χ1) is 8.58. The second-order valence-electron chi connectivity index (χ2n) is 3.93. The van der Waals surface area contributed by atoms with Crippen molar-refractivity contribution in [3.63, 3.8) is 0 Å². The summed E-state index contributed by atoms with van der Waals surface area (Å²) in [6.07, 6.45) is 0. The van der Waals surface area contributed by atoms with Gasteiger partial charge >= 0.3 is 0 Å². The summed E-state index contributed by atoms with van der Waals surface area (Å²) < 4.78 is 0.820. The number of thiophene rings is 1.